The van der Waals surface area contributed by atoms with E-state index in [9.17, 15) is 4.79 Å². The monoisotopic (exact) mass is 258 g/mol. The molecule has 1 amide bonds. The van der Waals surface area contributed by atoms with Crippen LogP contribution in [0, 0.1) is 5.92 Å². The Morgan fingerprint density at radius 1 is 1.39 bits per heavy atom. The fourth-order valence-electron chi connectivity index (χ4n) is 1.73. The zero-order valence-corrected chi connectivity index (χ0v) is 11.8. The van der Waals surface area contributed by atoms with Crippen LogP contribution >= 0.6 is 0 Å². The Bertz CT molecular complexity index is 240. The van der Waals surface area contributed by atoms with Crippen LogP contribution in [0.2, 0.25) is 0 Å². The van der Waals surface area contributed by atoms with Crippen molar-refractivity contribution in [1.29, 1.82) is 0 Å². The number of nitrogens with one attached hydrogen (secondary N) is 1. The van der Waals surface area contributed by atoms with Gasteiger partial charge in [-0.15, -0.1) is 0 Å². The second-order valence-corrected chi connectivity index (χ2v) is 5.25. The van der Waals surface area contributed by atoms with Crippen LogP contribution in [0.25, 0.3) is 0 Å². The Kier molecular flexibility index (Phi) is 7.23. The number of amides is 1. The quantitative estimate of drug-likeness (QED) is 0.735. The van der Waals surface area contributed by atoms with Crippen LogP contribution in [0.4, 0.5) is 0 Å². The standard InChI is InChI=1S/C13H26N2O3/c1-11(2)9-14-12(16)10-15(3)6-5-13-17-7-4-8-18-13/h11,13H,4-10H2,1-3H3,(H,14,16). The number of rotatable bonds is 7. The molecule has 1 heterocycles. The Morgan fingerprint density at radius 2 is 2.06 bits per heavy atom. The van der Waals surface area contributed by atoms with Crippen molar-refractivity contribution < 1.29 is 14.3 Å². The summed E-state index contributed by atoms with van der Waals surface area (Å²) < 4.78 is 10.9. The first-order valence-electron chi connectivity index (χ1n) is 6.76. The third-order valence-electron chi connectivity index (χ3n) is 2.76. The van der Waals surface area contributed by atoms with Crippen molar-refractivity contribution in [3.05, 3.63) is 0 Å². The van der Waals surface area contributed by atoms with Gasteiger partial charge in [-0.1, -0.05) is 13.8 Å². The number of likely N-dealkylation sites (N-methyl/N-ethyl adjacent to an activating group) is 1. The molecule has 0 aromatic heterocycles. The highest BCUT2D eigenvalue weighted by atomic mass is 16.7. The van der Waals surface area contributed by atoms with E-state index in [0.29, 0.717) is 12.5 Å². The molecule has 106 valence electrons. The average Bonchev–Trinajstić information content (AvgIpc) is 2.35. The van der Waals surface area contributed by atoms with Crippen LogP contribution in [0.15, 0.2) is 0 Å². The van der Waals surface area contributed by atoms with E-state index in [-0.39, 0.29) is 12.2 Å². The molecule has 1 aliphatic rings. The molecule has 0 saturated carbocycles. The number of carbonyl (C=O) groups is 1. The molecule has 0 atom stereocenters. The molecule has 18 heavy (non-hydrogen) atoms. The van der Waals surface area contributed by atoms with Crippen molar-refractivity contribution in [1.82, 2.24) is 10.2 Å². The molecule has 0 aliphatic carbocycles. The maximum Gasteiger partial charge on any atom is 0.234 e. The molecule has 0 unspecified atom stereocenters. The van der Waals surface area contributed by atoms with Gasteiger partial charge in [0.2, 0.25) is 5.91 Å². The Labute approximate surface area is 110 Å². The molecule has 0 radical (unpaired) electrons. The van der Waals surface area contributed by atoms with E-state index < -0.39 is 0 Å². The molecular formula is C13H26N2O3. The number of ether oxygens (including phenoxy) is 2. The van der Waals surface area contributed by atoms with E-state index >= 15 is 0 Å². The maximum absolute atomic E-state index is 11.6. The van der Waals surface area contributed by atoms with Crippen LogP contribution in [-0.4, -0.2) is 57.0 Å². The molecule has 5 heteroatoms. The van der Waals surface area contributed by atoms with Gasteiger partial charge in [-0.25, -0.2) is 0 Å². The minimum atomic E-state index is -0.0973. The highest BCUT2D eigenvalue weighted by molar-refractivity contribution is 5.77. The van der Waals surface area contributed by atoms with Gasteiger partial charge in [0.05, 0.1) is 19.8 Å². The van der Waals surface area contributed by atoms with E-state index in [1.54, 1.807) is 0 Å². The third-order valence-corrected chi connectivity index (χ3v) is 2.76. The summed E-state index contributed by atoms with van der Waals surface area (Å²) in [5.74, 6) is 0.569. The molecule has 1 rings (SSSR count). The lowest BCUT2D eigenvalue weighted by Crippen LogP contribution is -2.38. The second-order valence-electron chi connectivity index (χ2n) is 5.25. The van der Waals surface area contributed by atoms with Crippen LogP contribution in [0.3, 0.4) is 0 Å². The summed E-state index contributed by atoms with van der Waals surface area (Å²) in [6, 6.07) is 0. The van der Waals surface area contributed by atoms with Gasteiger partial charge in [-0.2, -0.15) is 0 Å². The lowest BCUT2D eigenvalue weighted by molar-refractivity contribution is -0.182. The first-order chi connectivity index (χ1) is 8.58. The summed E-state index contributed by atoms with van der Waals surface area (Å²) in [5, 5.41) is 2.91. The Hall–Kier alpha value is -0.650. The van der Waals surface area contributed by atoms with Gasteiger partial charge in [-0.3, -0.25) is 9.69 Å². The van der Waals surface area contributed by atoms with Crippen molar-refractivity contribution in [3.8, 4) is 0 Å². The highest BCUT2D eigenvalue weighted by Gasteiger charge is 2.15. The van der Waals surface area contributed by atoms with Crippen molar-refractivity contribution in [3.63, 3.8) is 0 Å². The molecule has 1 saturated heterocycles. The highest BCUT2D eigenvalue weighted by Crippen LogP contribution is 2.08. The summed E-state index contributed by atoms with van der Waals surface area (Å²) in [6.45, 7) is 7.71. The summed E-state index contributed by atoms with van der Waals surface area (Å²) in [6.07, 6.45) is 1.69. The van der Waals surface area contributed by atoms with Crippen molar-refractivity contribution in [2.75, 3.05) is 39.9 Å². The smallest absolute Gasteiger partial charge is 0.234 e. The van der Waals surface area contributed by atoms with Gasteiger partial charge in [0.1, 0.15) is 0 Å². The number of hydrogen-bond donors (Lipinski definition) is 1. The van der Waals surface area contributed by atoms with Gasteiger partial charge in [0.15, 0.2) is 6.29 Å². The molecule has 0 spiro atoms. The number of hydrogen-bond acceptors (Lipinski definition) is 4. The zero-order valence-electron chi connectivity index (χ0n) is 11.8. The van der Waals surface area contributed by atoms with Gasteiger partial charge in [0.25, 0.3) is 0 Å². The maximum atomic E-state index is 11.6. The largest absolute Gasteiger partial charge is 0.355 e. The molecule has 5 nitrogen and oxygen atoms in total. The Morgan fingerprint density at radius 3 is 2.67 bits per heavy atom. The van der Waals surface area contributed by atoms with E-state index in [1.165, 1.54) is 0 Å². The van der Waals surface area contributed by atoms with E-state index in [0.717, 1.165) is 39.1 Å². The lowest BCUT2D eigenvalue weighted by Gasteiger charge is -2.25. The van der Waals surface area contributed by atoms with Crippen LogP contribution < -0.4 is 5.32 Å². The van der Waals surface area contributed by atoms with Gasteiger partial charge >= 0.3 is 0 Å². The van der Waals surface area contributed by atoms with E-state index in [1.807, 2.05) is 11.9 Å². The molecule has 0 aromatic carbocycles. The fraction of sp³-hybridized carbons (Fsp3) is 0.923. The number of carbonyl (C=O) groups excluding carboxylic acids is 1. The minimum Gasteiger partial charge on any atom is -0.355 e. The van der Waals surface area contributed by atoms with Crippen molar-refractivity contribution in [2.45, 2.75) is 33.0 Å². The van der Waals surface area contributed by atoms with E-state index in [2.05, 4.69) is 19.2 Å². The van der Waals surface area contributed by atoms with Gasteiger partial charge < -0.3 is 14.8 Å². The summed E-state index contributed by atoms with van der Waals surface area (Å²) in [7, 11) is 1.94. The second kappa shape index (κ2) is 8.45. The topological polar surface area (TPSA) is 50.8 Å². The molecule has 0 aromatic rings. The Balaban J connectivity index is 2.08. The average molecular weight is 258 g/mol. The predicted octanol–water partition coefficient (Wildman–Crippen LogP) is 0.844. The summed E-state index contributed by atoms with van der Waals surface area (Å²) >= 11 is 0. The molecule has 0 bridgehead atoms. The first kappa shape index (κ1) is 15.4. The zero-order chi connectivity index (χ0) is 13.4. The van der Waals surface area contributed by atoms with Crippen LogP contribution in [0.5, 0.6) is 0 Å². The predicted molar refractivity (Wildman–Crippen MR) is 70.3 cm³/mol. The summed E-state index contributed by atoms with van der Waals surface area (Å²) in [4.78, 5) is 13.6. The lowest BCUT2D eigenvalue weighted by atomic mass is 10.2. The van der Waals surface area contributed by atoms with E-state index in [4.69, 9.17) is 9.47 Å². The van der Waals surface area contributed by atoms with Crippen molar-refractivity contribution in [2.24, 2.45) is 5.92 Å². The SMILES string of the molecule is CC(C)CNC(=O)CN(C)CCC1OCCCO1. The number of nitrogens with zero attached hydrogens (tertiary/aromatic N) is 1. The van der Waals surface area contributed by atoms with Crippen LogP contribution in [0.1, 0.15) is 26.7 Å². The van der Waals surface area contributed by atoms with Gasteiger partial charge in [0, 0.05) is 19.5 Å². The van der Waals surface area contributed by atoms with Crippen molar-refractivity contribution >= 4 is 5.91 Å². The minimum absolute atomic E-state index is 0.0803. The fourth-order valence-corrected chi connectivity index (χ4v) is 1.73. The van der Waals surface area contributed by atoms with Gasteiger partial charge in [-0.05, 0) is 19.4 Å². The van der Waals surface area contributed by atoms with Crippen LogP contribution in [-0.2, 0) is 14.3 Å². The first-order valence-corrected chi connectivity index (χ1v) is 6.76. The third kappa shape index (κ3) is 6.93. The molecule has 1 fully saturated rings. The molecule has 1 N–H and O–H groups in total. The normalized spacial score (nSPS) is 17.4. The molecular weight excluding hydrogens is 232 g/mol. The molecule has 1 aliphatic heterocycles. The summed E-state index contributed by atoms with van der Waals surface area (Å²) in [5.41, 5.74) is 0.